The van der Waals surface area contributed by atoms with Crippen molar-refractivity contribution in [2.24, 2.45) is 0 Å². The van der Waals surface area contributed by atoms with Crippen LogP contribution in [-0.2, 0) is 4.79 Å². The molecule has 0 atom stereocenters. The molecule has 164 valence electrons. The largest absolute Gasteiger partial charge is 0.497 e. The van der Waals surface area contributed by atoms with E-state index in [4.69, 9.17) is 4.74 Å². The molecule has 1 heterocycles. The summed E-state index contributed by atoms with van der Waals surface area (Å²) < 4.78 is 7.21. The van der Waals surface area contributed by atoms with E-state index in [-0.39, 0.29) is 11.7 Å². The number of thioether (sulfide) groups is 1. The minimum absolute atomic E-state index is 0.163. The van der Waals surface area contributed by atoms with Gasteiger partial charge in [-0.2, -0.15) is 5.26 Å². The fraction of sp³-hybridized carbons (Fsp3) is 0.333. The molecule has 1 aliphatic rings. The summed E-state index contributed by atoms with van der Waals surface area (Å²) in [6, 6.07) is 18.0. The maximum absolute atomic E-state index is 12.6. The lowest BCUT2D eigenvalue weighted by Gasteiger charge is -2.21. The van der Waals surface area contributed by atoms with Crippen LogP contribution in [-0.4, -0.2) is 39.1 Å². The van der Waals surface area contributed by atoms with Gasteiger partial charge in [0.2, 0.25) is 5.91 Å². The number of carbonyl (C=O) groups is 1. The van der Waals surface area contributed by atoms with Crippen molar-refractivity contribution in [2.75, 3.05) is 12.9 Å². The first-order valence-electron chi connectivity index (χ1n) is 10.6. The average molecular weight is 448 g/mol. The van der Waals surface area contributed by atoms with E-state index in [1.54, 1.807) is 7.11 Å². The van der Waals surface area contributed by atoms with E-state index in [2.05, 4.69) is 21.6 Å². The molecule has 0 bridgehead atoms. The SMILES string of the molecule is COc1ccc(-c2nnc(SCC(=O)NC3(C#N)CCCC3)n2-c2ccc(C)cc2)cc1. The smallest absolute Gasteiger partial charge is 0.231 e. The number of ether oxygens (including phenoxy) is 1. The molecule has 0 spiro atoms. The molecule has 0 radical (unpaired) electrons. The van der Waals surface area contributed by atoms with Gasteiger partial charge in [0, 0.05) is 11.3 Å². The fourth-order valence-corrected chi connectivity index (χ4v) is 4.65. The Morgan fingerprint density at radius 3 is 2.47 bits per heavy atom. The zero-order chi connectivity index (χ0) is 22.6. The number of rotatable bonds is 7. The summed E-state index contributed by atoms with van der Waals surface area (Å²) in [5.41, 5.74) is 2.24. The van der Waals surface area contributed by atoms with E-state index >= 15 is 0 Å². The highest BCUT2D eigenvalue weighted by Gasteiger charge is 2.35. The van der Waals surface area contributed by atoms with E-state index in [1.165, 1.54) is 11.8 Å². The van der Waals surface area contributed by atoms with Gasteiger partial charge in [0.15, 0.2) is 11.0 Å². The summed E-state index contributed by atoms with van der Waals surface area (Å²) >= 11 is 1.31. The molecule has 0 unspecified atom stereocenters. The second-order valence-electron chi connectivity index (χ2n) is 7.94. The lowest BCUT2D eigenvalue weighted by Crippen LogP contribution is -2.45. The summed E-state index contributed by atoms with van der Waals surface area (Å²) in [4.78, 5) is 12.6. The average Bonchev–Trinajstić information content (AvgIpc) is 3.46. The summed E-state index contributed by atoms with van der Waals surface area (Å²) in [7, 11) is 1.63. The summed E-state index contributed by atoms with van der Waals surface area (Å²) in [5.74, 6) is 1.45. The van der Waals surface area contributed by atoms with E-state index in [0.29, 0.717) is 23.8 Å². The Kier molecular flexibility index (Phi) is 6.47. The van der Waals surface area contributed by atoms with Crippen molar-refractivity contribution in [1.82, 2.24) is 20.1 Å². The molecular weight excluding hydrogens is 422 g/mol. The van der Waals surface area contributed by atoms with Gasteiger partial charge < -0.3 is 10.1 Å². The number of aromatic nitrogens is 3. The van der Waals surface area contributed by atoms with Gasteiger partial charge in [-0.1, -0.05) is 29.5 Å². The van der Waals surface area contributed by atoms with Gasteiger partial charge in [-0.05, 0) is 69.0 Å². The molecule has 1 aromatic heterocycles. The van der Waals surface area contributed by atoms with Crippen LogP contribution in [0.3, 0.4) is 0 Å². The van der Waals surface area contributed by atoms with Gasteiger partial charge >= 0.3 is 0 Å². The van der Waals surface area contributed by atoms with Crippen molar-refractivity contribution in [3.8, 4) is 28.9 Å². The number of benzene rings is 2. The maximum atomic E-state index is 12.6. The zero-order valence-electron chi connectivity index (χ0n) is 18.2. The Bertz CT molecular complexity index is 1130. The zero-order valence-corrected chi connectivity index (χ0v) is 19.0. The number of carbonyl (C=O) groups excluding carboxylic acids is 1. The molecule has 1 saturated carbocycles. The number of hydrogen-bond donors (Lipinski definition) is 1. The minimum atomic E-state index is -0.726. The van der Waals surface area contributed by atoms with Crippen LogP contribution in [0, 0.1) is 18.3 Å². The van der Waals surface area contributed by atoms with Crippen molar-refractivity contribution < 1.29 is 9.53 Å². The lowest BCUT2D eigenvalue weighted by molar-refractivity contribution is -0.119. The number of nitrogens with one attached hydrogen (secondary N) is 1. The predicted molar refractivity (Wildman–Crippen MR) is 124 cm³/mol. The molecule has 1 fully saturated rings. The Labute approximate surface area is 191 Å². The maximum Gasteiger partial charge on any atom is 0.231 e. The van der Waals surface area contributed by atoms with Gasteiger partial charge in [-0.25, -0.2) is 0 Å². The van der Waals surface area contributed by atoms with Crippen molar-refractivity contribution in [1.29, 1.82) is 5.26 Å². The van der Waals surface area contributed by atoms with E-state index in [0.717, 1.165) is 35.4 Å². The predicted octanol–water partition coefficient (Wildman–Crippen LogP) is 4.30. The Hall–Kier alpha value is -3.31. The summed E-state index contributed by atoms with van der Waals surface area (Å²) in [5, 5.41) is 21.9. The Balaban J connectivity index is 1.60. The van der Waals surface area contributed by atoms with Gasteiger partial charge in [-0.3, -0.25) is 9.36 Å². The van der Waals surface area contributed by atoms with Gasteiger partial charge in [-0.15, -0.1) is 10.2 Å². The first-order chi connectivity index (χ1) is 15.5. The third-order valence-corrected chi connectivity index (χ3v) is 6.58. The standard InChI is InChI=1S/C24H25N5O2S/c1-17-5-9-19(10-6-17)29-22(18-7-11-20(31-2)12-8-18)27-28-23(29)32-15-21(30)26-24(16-25)13-3-4-14-24/h5-12H,3-4,13-15H2,1-2H3,(H,26,30). The molecule has 7 nitrogen and oxygen atoms in total. The molecule has 3 aromatic rings. The van der Waals surface area contributed by atoms with Crippen LogP contribution in [0.5, 0.6) is 5.75 Å². The first kappa shape index (κ1) is 21.9. The monoisotopic (exact) mass is 447 g/mol. The van der Waals surface area contributed by atoms with Crippen LogP contribution in [0.15, 0.2) is 53.7 Å². The number of methoxy groups -OCH3 is 1. The quantitative estimate of drug-likeness (QED) is 0.543. The van der Waals surface area contributed by atoms with Gasteiger partial charge in [0.25, 0.3) is 0 Å². The van der Waals surface area contributed by atoms with Gasteiger partial charge in [0.1, 0.15) is 11.3 Å². The molecule has 8 heteroatoms. The Morgan fingerprint density at radius 2 is 1.84 bits per heavy atom. The van der Waals surface area contributed by atoms with Crippen molar-refractivity contribution >= 4 is 17.7 Å². The third-order valence-electron chi connectivity index (χ3n) is 5.66. The fourth-order valence-electron chi connectivity index (χ4n) is 3.89. The van der Waals surface area contributed by atoms with Crippen molar-refractivity contribution in [3.63, 3.8) is 0 Å². The third kappa shape index (κ3) is 4.63. The first-order valence-corrected chi connectivity index (χ1v) is 11.5. The van der Waals surface area contributed by atoms with E-state index in [1.807, 2.05) is 60.0 Å². The highest BCUT2D eigenvalue weighted by molar-refractivity contribution is 7.99. The van der Waals surface area contributed by atoms with Crippen molar-refractivity contribution in [2.45, 2.75) is 43.3 Å². The number of nitrogens with zero attached hydrogens (tertiary/aromatic N) is 4. The molecule has 2 aromatic carbocycles. The van der Waals surface area contributed by atoms with Crippen LogP contribution in [0.1, 0.15) is 31.2 Å². The highest BCUT2D eigenvalue weighted by atomic mass is 32.2. The second-order valence-corrected chi connectivity index (χ2v) is 8.89. The van der Waals surface area contributed by atoms with Crippen LogP contribution in [0.4, 0.5) is 0 Å². The normalized spacial score (nSPS) is 14.7. The topological polar surface area (TPSA) is 92.8 Å². The summed E-state index contributed by atoms with van der Waals surface area (Å²) in [6.07, 6.45) is 3.35. The number of amides is 1. The molecule has 1 amide bonds. The van der Waals surface area contributed by atoms with E-state index in [9.17, 15) is 10.1 Å². The van der Waals surface area contributed by atoms with Crippen LogP contribution >= 0.6 is 11.8 Å². The minimum Gasteiger partial charge on any atom is -0.497 e. The molecule has 4 rings (SSSR count). The second kappa shape index (κ2) is 9.45. The molecular formula is C24H25N5O2S. The Morgan fingerprint density at radius 1 is 1.16 bits per heavy atom. The molecule has 0 saturated heterocycles. The molecule has 32 heavy (non-hydrogen) atoms. The number of hydrogen-bond acceptors (Lipinski definition) is 6. The molecule has 0 aliphatic heterocycles. The van der Waals surface area contributed by atoms with E-state index < -0.39 is 5.54 Å². The number of nitriles is 1. The molecule has 1 N–H and O–H groups in total. The van der Waals surface area contributed by atoms with Crippen LogP contribution < -0.4 is 10.1 Å². The lowest BCUT2D eigenvalue weighted by atomic mass is 10.0. The molecule has 1 aliphatic carbocycles. The van der Waals surface area contributed by atoms with Crippen molar-refractivity contribution in [3.05, 3.63) is 54.1 Å². The van der Waals surface area contributed by atoms with Crippen LogP contribution in [0.2, 0.25) is 0 Å². The summed E-state index contributed by atoms with van der Waals surface area (Å²) in [6.45, 7) is 2.04. The van der Waals surface area contributed by atoms with Gasteiger partial charge in [0.05, 0.1) is 18.9 Å². The highest BCUT2D eigenvalue weighted by Crippen LogP contribution is 2.31. The number of aryl methyl sites for hydroxylation is 1. The van der Waals surface area contributed by atoms with Crippen LogP contribution in [0.25, 0.3) is 17.1 Å².